The summed E-state index contributed by atoms with van der Waals surface area (Å²) >= 11 is 0. The van der Waals surface area contributed by atoms with Gasteiger partial charge in [0.2, 0.25) is 5.91 Å². The van der Waals surface area contributed by atoms with Crippen molar-refractivity contribution < 1.29 is 4.79 Å². The molecule has 15 heavy (non-hydrogen) atoms. The molecule has 1 aromatic carbocycles. The highest BCUT2D eigenvalue weighted by Gasteiger charge is 2.35. The Morgan fingerprint density at radius 3 is 2.73 bits per heavy atom. The molecule has 1 aliphatic rings. The maximum atomic E-state index is 11.8. The van der Waals surface area contributed by atoms with Crippen LogP contribution >= 0.6 is 0 Å². The van der Waals surface area contributed by atoms with Gasteiger partial charge in [0.25, 0.3) is 0 Å². The SMILES string of the molecule is CCC1(C)Nc2cc(C)ccc2NC1=O. The Morgan fingerprint density at radius 2 is 2.07 bits per heavy atom. The fraction of sp³-hybridized carbons (Fsp3) is 0.417. The molecule has 0 aromatic heterocycles. The van der Waals surface area contributed by atoms with Crippen LogP contribution in [-0.2, 0) is 4.79 Å². The van der Waals surface area contributed by atoms with Crippen LogP contribution in [0.15, 0.2) is 18.2 Å². The molecule has 0 saturated heterocycles. The van der Waals surface area contributed by atoms with E-state index in [2.05, 4.69) is 16.7 Å². The van der Waals surface area contributed by atoms with Crippen LogP contribution in [0, 0.1) is 6.92 Å². The largest absolute Gasteiger partial charge is 0.370 e. The lowest BCUT2D eigenvalue weighted by Crippen LogP contribution is -2.49. The van der Waals surface area contributed by atoms with Crippen molar-refractivity contribution in [2.75, 3.05) is 10.6 Å². The maximum Gasteiger partial charge on any atom is 0.249 e. The minimum absolute atomic E-state index is 0.0429. The quantitative estimate of drug-likeness (QED) is 0.738. The zero-order valence-corrected chi connectivity index (χ0v) is 9.35. The molecule has 1 unspecified atom stereocenters. The van der Waals surface area contributed by atoms with Crippen LogP contribution in [0.4, 0.5) is 11.4 Å². The smallest absolute Gasteiger partial charge is 0.249 e. The third kappa shape index (κ3) is 1.58. The predicted molar refractivity (Wildman–Crippen MR) is 62.1 cm³/mol. The van der Waals surface area contributed by atoms with Crippen LogP contribution in [0.2, 0.25) is 0 Å². The number of carbonyl (C=O) groups excluding carboxylic acids is 1. The summed E-state index contributed by atoms with van der Waals surface area (Å²) in [5.74, 6) is 0.0429. The van der Waals surface area contributed by atoms with Crippen LogP contribution < -0.4 is 10.6 Å². The van der Waals surface area contributed by atoms with Gasteiger partial charge in [-0.25, -0.2) is 0 Å². The molecule has 1 atom stereocenters. The summed E-state index contributed by atoms with van der Waals surface area (Å²) in [7, 11) is 0. The lowest BCUT2D eigenvalue weighted by atomic mass is 9.94. The highest BCUT2D eigenvalue weighted by molar-refractivity contribution is 6.05. The van der Waals surface area contributed by atoms with Crippen molar-refractivity contribution in [3.8, 4) is 0 Å². The summed E-state index contributed by atoms with van der Waals surface area (Å²) in [6, 6.07) is 5.99. The molecule has 0 bridgehead atoms. The van der Waals surface area contributed by atoms with Crippen LogP contribution in [-0.4, -0.2) is 11.4 Å². The van der Waals surface area contributed by atoms with Gasteiger partial charge in [0.1, 0.15) is 5.54 Å². The first-order valence-electron chi connectivity index (χ1n) is 5.25. The van der Waals surface area contributed by atoms with Crippen LogP contribution in [0.5, 0.6) is 0 Å². The van der Waals surface area contributed by atoms with Crippen molar-refractivity contribution in [3.05, 3.63) is 23.8 Å². The van der Waals surface area contributed by atoms with Crippen molar-refractivity contribution in [2.45, 2.75) is 32.7 Å². The number of nitrogens with one attached hydrogen (secondary N) is 2. The van der Waals surface area contributed by atoms with Gasteiger partial charge in [0, 0.05) is 0 Å². The minimum Gasteiger partial charge on any atom is -0.370 e. The molecule has 0 saturated carbocycles. The minimum atomic E-state index is -0.485. The standard InChI is InChI=1S/C12H16N2O/c1-4-12(3)11(15)13-9-6-5-8(2)7-10(9)14-12/h5-7,14H,4H2,1-3H3,(H,13,15). The number of carbonyl (C=O) groups is 1. The van der Waals surface area contributed by atoms with E-state index >= 15 is 0 Å². The Kier molecular flexibility index (Phi) is 2.18. The number of hydrogen-bond donors (Lipinski definition) is 2. The van der Waals surface area contributed by atoms with Crippen molar-refractivity contribution in [3.63, 3.8) is 0 Å². The van der Waals surface area contributed by atoms with E-state index < -0.39 is 5.54 Å². The average molecular weight is 204 g/mol. The molecule has 3 heteroatoms. The third-order valence-electron chi connectivity index (χ3n) is 3.04. The number of benzene rings is 1. The van der Waals surface area contributed by atoms with E-state index in [0.717, 1.165) is 17.8 Å². The molecule has 2 N–H and O–H groups in total. The zero-order valence-electron chi connectivity index (χ0n) is 9.35. The fourth-order valence-electron chi connectivity index (χ4n) is 1.73. The fourth-order valence-corrected chi connectivity index (χ4v) is 1.73. The Morgan fingerprint density at radius 1 is 1.33 bits per heavy atom. The molecule has 1 heterocycles. The monoisotopic (exact) mass is 204 g/mol. The molecule has 80 valence electrons. The zero-order chi connectivity index (χ0) is 11.1. The van der Waals surface area contributed by atoms with Crippen LogP contribution in [0.1, 0.15) is 25.8 Å². The van der Waals surface area contributed by atoms with Gasteiger partial charge in [-0.05, 0) is 38.0 Å². The Hall–Kier alpha value is -1.51. The number of aryl methyl sites for hydroxylation is 1. The first-order chi connectivity index (χ1) is 7.05. The van der Waals surface area contributed by atoms with Crippen LogP contribution in [0.3, 0.4) is 0 Å². The van der Waals surface area contributed by atoms with E-state index in [-0.39, 0.29) is 5.91 Å². The van der Waals surface area contributed by atoms with Gasteiger partial charge in [0.05, 0.1) is 11.4 Å². The summed E-state index contributed by atoms with van der Waals surface area (Å²) < 4.78 is 0. The summed E-state index contributed by atoms with van der Waals surface area (Å²) in [4.78, 5) is 11.8. The van der Waals surface area contributed by atoms with Gasteiger partial charge < -0.3 is 10.6 Å². The second-order valence-electron chi connectivity index (χ2n) is 4.31. The van der Waals surface area contributed by atoms with Gasteiger partial charge in [-0.2, -0.15) is 0 Å². The molecule has 1 aliphatic heterocycles. The van der Waals surface area contributed by atoms with Gasteiger partial charge in [0.15, 0.2) is 0 Å². The van der Waals surface area contributed by atoms with E-state index in [4.69, 9.17) is 0 Å². The molecule has 2 rings (SSSR count). The maximum absolute atomic E-state index is 11.8. The number of amides is 1. The van der Waals surface area contributed by atoms with Gasteiger partial charge in [-0.3, -0.25) is 4.79 Å². The van der Waals surface area contributed by atoms with Gasteiger partial charge >= 0.3 is 0 Å². The molecule has 3 nitrogen and oxygen atoms in total. The van der Waals surface area contributed by atoms with Crippen LogP contribution in [0.25, 0.3) is 0 Å². The van der Waals surface area contributed by atoms with Gasteiger partial charge in [-0.15, -0.1) is 0 Å². The highest BCUT2D eigenvalue weighted by atomic mass is 16.2. The lowest BCUT2D eigenvalue weighted by molar-refractivity contribution is -0.120. The van der Waals surface area contributed by atoms with E-state index in [1.165, 1.54) is 5.56 Å². The Bertz CT molecular complexity index is 414. The van der Waals surface area contributed by atoms with Crippen molar-refractivity contribution >= 4 is 17.3 Å². The van der Waals surface area contributed by atoms with E-state index in [0.29, 0.717) is 0 Å². The molecule has 0 fully saturated rings. The van der Waals surface area contributed by atoms with E-state index in [9.17, 15) is 4.79 Å². The van der Waals surface area contributed by atoms with Crippen molar-refractivity contribution in [1.82, 2.24) is 0 Å². The molecule has 0 aliphatic carbocycles. The molecule has 1 amide bonds. The second-order valence-corrected chi connectivity index (χ2v) is 4.31. The van der Waals surface area contributed by atoms with E-state index in [1.807, 2.05) is 32.9 Å². The summed E-state index contributed by atoms with van der Waals surface area (Å²) in [6.07, 6.45) is 0.770. The number of hydrogen-bond acceptors (Lipinski definition) is 2. The molecular weight excluding hydrogens is 188 g/mol. The Labute approximate surface area is 89.9 Å². The second kappa shape index (κ2) is 3.26. The van der Waals surface area contributed by atoms with Crippen molar-refractivity contribution in [1.29, 1.82) is 0 Å². The lowest BCUT2D eigenvalue weighted by Gasteiger charge is -2.35. The number of anilines is 2. The molecule has 1 aromatic rings. The highest BCUT2D eigenvalue weighted by Crippen LogP contribution is 2.32. The Balaban J connectivity index is 2.43. The first kappa shape index (κ1) is 10.0. The number of rotatable bonds is 1. The molecule has 0 radical (unpaired) electrons. The van der Waals surface area contributed by atoms with Crippen molar-refractivity contribution in [2.24, 2.45) is 0 Å². The normalized spacial score (nSPS) is 24.1. The predicted octanol–water partition coefficient (Wildman–Crippen LogP) is 2.53. The summed E-state index contributed by atoms with van der Waals surface area (Å²) in [5, 5.41) is 6.23. The van der Waals surface area contributed by atoms with Gasteiger partial charge in [-0.1, -0.05) is 13.0 Å². The summed E-state index contributed by atoms with van der Waals surface area (Å²) in [5.41, 5.74) is 2.59. The molecule has 0 spiro atoms. The summed E-state index contributed by atoms with van der Waals surface area (Å²) in [6.45, 7) is 5.97. The number of fused-ring (bicyclic) bond motifs is 1. The molecular formula is C12H16N2O. The average Bonchev–Trinajstić information content (AvgIpc) is 2.20. The van der Waals surface area contributed by atoms with E-state index in [1.54, 1.807) is 0 Å². The first-order valence-corrected chi connectivity index (χ1v) is 5.25. The third-order valence-corrected chi connectivity index (χ3v) is 3.04. The topological polar surface area (TPSA) is 41.1 Å².